The van der Waals surface area contributed by atoms with Gasteiger partial charge in [-0.2, -0.15) is 0 Å². The molecule has 4 nitrogen and oxygen atoms in total. The predicted octanol–water partition coefficient (Wildman–Crippen LogP) is 3.16. The van der Waals surface area contributed by atoms with Gasteiger partial charge in [-0.15, -0.1) is 0 Å². The molecule has 0 radical (unpaired) electrons. The van der Waals surface area contributed by atoms with Crippen molar-refractivity contribution in [2.45, 2.75) is 46.1 Å². The van der Waals surface area contributed by atoms with E-state index in [0.717, 1.165) is 31.7 Å². The van der Waals surface area contributed by atoms with Crippen LogP contribution in [-0.4, -0.2) is 40.6 Å². The second-order valence-electron chi connectivity index (χ2n) is 7.05. The normalized spacial score (nSPS) is 29.4. The van der Waals surface area contributed by atoms with E-state index in [1.54, 1.807) is 6.92 Å². The summed E-state index contributed by atoms with van der Waals surface area (Å²) >= 11 is 1.44. The Morgan fingerprint density at radius 2 is 1.75 bits per heavy atom. The van der Waals surface area contributed by atoms with Gasteiger partial charge in [0.1, 0.15) is 5.60 Å². The van der Waals surface area contributed by atoms with Crippen LogP contribution in [0.2, 0.25) is 0 Å². The van der Waals surface area contributed by atoms with Gasteiger partial charge in [0.05, 0.1) is 0 Å². The molecule has 1 aliphatic carbocycles. The second kappa shape index (κ2) is 5.96. The predicted molar refractivity (Wildman–Crippen MR) is 80.7 cm³/mol. The van der Waals surface area contributed by atoms with Crippen LogP contribution in [0.15, 0.2) is 0 Å². The zero-order chi connectivity index (χ0) is 14.9. The number of hydrogen-bond acceptors (Lipinski definition) is 4. The molecule has 0 N–H and O–H groups in total. The first-order valence-corrected chi connectivity index (χ1v) is 8.34. The van der Waals surface area contributed by atoms with Gasteiger partial charge in [0, 0.05) is 25.8 Å². The van der Waals surface area contributed by atoms with Crippen molar-refractivity contribution in [1.29, 1.82) is 0 Å². The molecule has 0 spiro atoms. The first-order valence-electron chi connectivity index (χ1n) is 7.36. The van der Waals surface area contributed by atoms with Crippen LogP contribution in [0.5, 0.6) is 0 Å². The van der Waals surface area contributed by atoms with E-state index in [2.05, 4.69) is 0 Å². The lowest BCUT2D eigenvalue weighted by atomic mass is 10.0. The summed E-state index contributed by atoms with van der Waals surface area (Å²) in [6, 6.07) is 0. The van der Waals surface area contributed by atoms with Crippen LogP contribution in [0.25, 0.3) is 0 Å². The van der Waals surface area contributed by atoms with Crippen molar-refractivity contribution in [1.82, 2.24) is 4.90 Å². The summed E-state index contributed by atoms with van der Waals surface area (Å²) < 4.78 is 5.43. The highest BCUT2D eigenvalue weighted by molar-refractivity contribution is 8.13. The van der Waals surface area contributed by atoms with Gasteiger partial charge < -0.3 is 9.64 Å². The van der Waals surface area contributed by atoms with Crippen molar-refractivity contribution in [3.63, 3.8) is 0 Å². The number of rotatable bonds is 2. The molecule has 0 aromatic rings. The minimum Gasteiger partial charge on any atom is -0.444 e. The highest BCUT2D eigenvalue weighted by atomic mass is 32.2. The van der Waals surface area contributed by atoms with Crippen LogP contribution in [0.1, 0.15) is 40.5 Å². The van der Waals surface area contributed by atoms with Gasteiger partial charge in [0.15, 0.2) is 5.12 Å². The van der Waals surface area contributed by atoms with Crippen molar-refractivity contribution in [2.24, 2.45) is 17.8 Å². The topological polar surface area (TPSA) is 46.6 Å². The molecule has 0 aromatic heterocycles. The zero-order valence-electron chi connectivity index (χ0n) is 12.8. The third-order valence-electron chi connectivity index (χ3n) is 4.02. The highest BCUT2D eigenvalue weighted by Gasteiger charge is 2.43. The van der Waals surface area contributed by atoms with E-state index in [1.807, 2.05) is 25.7 Å². The minimum absolute atomic E-state index is 0.179. The minimum atomic E-state index is -0.421. The van der Waals surface area contributed by atoms with Crippen LogP contribution in [0.4, 0.5) is 4.79 Å². The molecule has 5 heteroatoms. The summed E-state index contributed by atoms with van der Waals surface area (Å²) in [7, 11) is 0. The number of nitrogens with zero attached hydrogens (tertiary/aromatic N) is 1. The molecule has 0 aromatic carbocycles. The number of likely N-dealkylation sites (tertiary alicyclic amines) is 1. The van der Waals surface area contributed by atoms with Gasteiger partial charge in [0.25, 0.3) is 0 Å². The number of fused-ring (bicyclic) bond motifs is 1. The molecular weight excluding hydrogens is 274 g/mol. The summed E-state index contributed by atoms with van der Waals surface area (Å²) in [6.07, 6.45) is 2.11. The van der Waals surface area contributed by atoms with Crippen LogP contribution in [-0.2, 0) is 9.53 Å². The fourth-order valence-corrected chi connectivity index (χ4v) is 4.01. The van der Waals surface area contributed by atoms with Crippen molar-refractivity contribution >= 4 is 23.0 Å². The van der Waals surface area contributed by atoms with E-state index in [0.29, 0.717) is 17.8 Å². The quantitative estimate of drug-likeness (QED) is 0.786. The van der Waals surface area contributed by atoms with Crippen LogP contribution in [0, 0.1) is 17.8 Å². The van der Waals surface area contributed by atoms with Crippen LogP contribution >= 0.6 is 11.8 Å². The third kappa shape index (κ3) is 4.14. The third-order valence-corrected chi connectivity index (χ3v) is 5.07. The molecule has 0 bridgehead atoms. The summed E-state index contributed by atoms with van der Waals surface area (Å²) in [5.41, 5.74) is -0.421. The maximum Gasteiger partial charge on any atom is 0.410 e. The van der Waals surface area contributed by atoms with E-state index in [-0.39, 0.29) is 11.2 Å². The molecular formula is C15H25NO3S. The van der Waals surface area contributed by atoms with E-state index in [4.69, 9.17) is 4.74 Å². The number of amides is 1. The summed E-state index contributed by atoms with van der Waals surface area (Å²) in [5, 5.41) is 0.206. The Kier molecular flexibility index (Phi) is 4.67. The van der Waals surface area contributed by atoms with Gasteiger partial charge in [-0.3, -0.25) is 4.79 Å². The first kappa shape index (κ1) is 15.7. The summed E-state index contributed by atoms with van der Waals surface area (Å²) in [6.45, 7) is 8.97. The van der Waals surface area contributed by atoms with Crippen molar-refractivity contribution in [2.75, 3.05) is 18.8 Å². The van der Waals surface area contributed by atoms with Gasteiger partial charge in [-0.1, -0.05) is 11.8 Å². The van der Waals surface area contributed by atoms with E-state index in [9.17, 15) is 9.59 Å². The molecule has 1 heterocycles. The number of hydrogen-bond donors (Lipinski definition) is 0. The van der Waals surface area contributed by atoms with Crippen molar-refractivity contribution in [3.05, 3.63) is 0 Å². The van der Waals surface area contributed by atoms with Crippen LogP contribution in [0.3, 0.4) is 0 Å². The zero-order valence-corrected chi connectivity index (χ0v) is 13.7. The Bertz CT molecular complexity index is 377. The SMILES string of the molecule is CC(=O)SCC1C[C@@H]2CN(C(=O)OC(C)(C)C)C[C@@H]2C1. The number of carbonyl (C=O) groups excluding carboxylic acids is 2. The average Bonchev–Trinajstić information content (AvgIpc) is 2.80. The van der Waals surface area contributed by atoms with Crippen molar-refractivity contribution in [3.8, 4) is 0 Å². The molecule has 1 saturated carbocycles. The average molecular weight is 299 g/mol. The monoisotopic (exact) mass is 299 g/mol. The second-order valence-corrected chi connectivity index (χ2v) is 8.24. The smallest absolute Gasteiger partial charge is 0.410 e. The van der Waals surface area contributed by atoms with Crippen LogP contribution < -0.4 is 0 Å². The summed E-state index contributed by atoms with van der Waals surface area (Å²) in [4.78, 5) is 24.9. The Balaban J connectivity index is 1.79. The molecule has 1 unspecified atom stereocenters. The molecule has 2 aliphatic rings. The van der Waals surface area contributed by atoms with Gasteiger partial charge in [-0.25, -0.2) is 4.79 Å². The Morgan fingerprint density at radius 3 is 2.20 bits per heavy atom. The van der Waals surface area contributed by atoms with E-state index < -0.39 is 5.60 Å². The lowest BCUT2D eigenvalue weighted by Gasteiger charge is -2.25. The lowest BCUT2D eigenvalue weighted by Crippen LogP contribution is -2.36. The molecule has 20 heavy (non-hydrogen) atoms. The van der Waals surface area contributed by atoms with Gasteiger partial charge in [-0.05, 0) is 51.4 Å². The Labute approximate surface area is 125 Å². The number of thioether (sulfide) groups is 1. The number of carbonyl (C=O) groups is 2. The van der Waals surface area contributed by atoms with E-state index in [1.165, 1.54) is 11.8 Å². The molecule has 1 saturated heterocycles. The standard InChI is InChI=1S/C15H25NO3S/c1-10(17)20-9-11-5-12-7-16(8-13(12)6-11)14(18)19-15(2,3)4/h11-13H,5-9H2,1-4H3/t11?,12-,13+. The molecule has 2 rings (SSSR count). The van der Waals surface area contributed by atoms with Crippen molar-refractivity contribution < 1.29 is 14.3 Å². The van der Waals surface area contributed by atoms with Gasteiger partial charge in [0.2, 0.25) is 0 Å². The van der Waals surface area contributed by atoms with E-state index >= 15 is 0 Å². The molecule has 114 valence electrons. The lowest BCUT2D eigenvalue weighted by molar-refractivity contribution is -0.109. The Hall–Kier alpha value is -0.710. The summed E-state index contributed by atoms with van der Waals surface area (Å²) in [5.74, 6) is 2.77. The molecule has 3 atom stereocenters. The molecule has 2 fully saturated rings. The fourth-order valence-electron chi connectivity index (χ4n) is 3.27. The molecule has 1 amide bonds. The number of ether oxygens (including phenoxy) is 1. The maximum atomic E-state index is 12.0. The van der Waals surface area contributed by atoms with Gasteiger partial charge >= 0.3 is 6.09 Å². The largest absolute Gasteiger partial charge is 0.444 e. The fraction of sp³-hybridized carbons (Fsp3) is 0.867. The molecule has 1 aliphatic heterocycles. The Morgan fingerprint density at radius 1 is 1.20 bits per heavy atom. The maximum absolute atomic E-state index is 12.0. The highest BCUT2D eigenvalue weighted by Crippen LogP contribution is 2.42. The first-order chi connectivity index (χ1) is 9.24.